The molecule has 0 fully saturated rings. The Morgan fingerprint density at radius 2 is 1.58 bits per heavy atom. The first-order chi connectivity index (χ1) is 5.85. The second kappa shape index (κ2) is 9.23. The zero-order valence-electron chi connectivity index (χ0n) is 8.34. The maximum absolute atomic E-state index is 5.61. The highest BCUT2D eigenvalue weighted by molar-refractivity contribution is 6.44. The van der Waals surface area contributed by atoms with Gasteiger partial charge in [-0.2, -0.15) is 0 Å². The van der Waals surface area contributed by atoms with E-state index in [-0.39, 0.29) is 0 Å². The Morgan fingerprint density at radius 3 is 1.92 bits per heavy atom. The van der Waals surface area contributed by atoms with E-state index >= 15 is 0 Å². The monoisotopic (exact) mass is 189 g/mol. The van der Waals surface area contributed by atoms with E-state index < -0.39 is 9.28 Å². The summed E-state index contributed by atoms with van der Waals surface area (Å²) in [6.45, 7) is 9.75. The molecular formula is C9H21O2Si. The minimum Gasteiger partial charge on any atom is -0.397 e. The van der Waals surface area contributed by atoms with Gasteiger partial charge >= 0.3 is 9.28 Å². The van der Waals surface area contributed by atoms with Crippen molar-refractivity contribution in [3.8, 4) is 0 Å². The quantitative estimate of drug-likeness (QED) is 0.545. The molecule has 0 bridgehead atoms. The maximum atomic E-state index is 5.61. The highest BCUT2D eigenvalue weighted by Gasteiger charge is 2.10. The standard InChI is InChI=1S/C9H21O2Si/c1-4-7-10-12(9-6-3)11-8-5-2/h12H,3-9H2,1-2H3. The van der Waals surface area contributed by atoms with Crippen LogP contribution in [0, 0.1) is 6.92 Å². The van der Waals surface area contributed by atoms with E-state index in [0.717, 1.165) is 38.5 Å². The molecule has 0 aromatic rings. The van der Waals surface area contributed by atoms with Crippen LogP contribution in [0.1, 0.15) is 33.1 Å². The second-order valence-corrected chi connectivity index (χ2v) is 4.92. The first-order valence-electron chi connectivity index (χ1n) is 4.87. The third-order valence-corrected chi connectivity index (χ3v) is 3.55. The third kappa shape index (κ3) is 6.82. The van der Waals surface area contributed by atoms with Crippen molar-refractivity contribution in [1.29, 1.82) is 0 Å². The van der Waals surface area contributed by atoms with Crippen molar-refractivity contribution in [3.05, 3.63) is 6.92 Å². The molecule has 73 valence electrons. The lowest BCUT2D eigenvalue weighted by Gasteiger charge is -2.14. The van der Waals surface area contributed by atoms with Gasteiger partial charge in [-0.1, -0.05) is 27.2 Å². The lowest BCUT2D eigenvalue weighted by Crippen LogP contribution is -2.23. The topological polar surface area (TPSA) is 18.5 Å². The van der Waals surface area contributed by atoms with Crippen LogP contribution in [0.4, 0.5) is 0 Å². The summed E-state index contributed by atoms with van der Waals surface area (Å²) in [6, 6.07) is 1.04. The zero-order valence-corrected chi connectivity index (χ0v) is 9.50. The molecule has 2 nitrogen and oxygen atoms in total. The van der Waals surface area contributed by atoms with Crippen LogP contribution >= 0.6 is 0 Å². The Labute approximate surface area is 78.1 Å². The van der Waals surface area contributed by atoms with Gasteiger partial charge in [0, 0.05) is 13.2 Å². The van der Waals surface area contributed by atoms with E-state index in [1.807, 2.05) is 0 Å². The van der Waals surface area contributed by atoms with Crippen LogP contribution in [0.2, 0.25) is 6.04 Å². The molecule has 0 amide bonds. The van der Waals surface area contributed by atoms with Crippen LogP contribution in [0.25, 0.3) is 0 Å². The lowest BCUT2D eigenvalue weighted by molar-refractivity contribution is 0.196. The molecule has 0 saturated heterocycles. The van der Waals surface area contributed by atoms with Crippen molar-refractivity contribution in [3.63, 3.8) is 0 Å². The zero-order chi connectivity index (χ0) is 9.23. The molecule has 3 heteroatoms. The third-order valence-electron chi connectivity index (χ3n) is 1.46. The van der Waals surface area contributed by atoms with Crippen molar-refractivity contribution >= 4 is 9.28 Å². The van der Waals surface area contributed by atoms with Gasteiger partial charge in [0.15, 0.2) is 0 Å². The summed E-state index contributed by atoms with van der Waals surface area (Å²) in [4.78, 5) is 0. The van der Waals surface area contributed by atoms with Gasteiger partial charge in [0.1, 0.15) is 0 Å². The molecule has 0 unspecified atom stereocenters. The molecule has 0 spiro atoms. The summed E-state index contributed by atoms with van der Waals surface area (Å²) < 4.78 is 11.2. The molecule has 0 aromatic heterocycles. The molecule has 0 aliphatic carbocycles. The Balaban J connectivity index is 3.40. The van der Waals surface area contributed by atoms with Crippen molar-refractivity contribution in [2.45, 2.75) is 39.2 Å². The first-order valence-corrected chi connectivity index (χ1v) is 6.63. The molecule has 0 saturated carbocycles. The van der Waals surface area contributed by atoms with Crippen LogP contribution in [-0.4, -0.2) is 22.5 Å². The predicted octanol–water partition coefficient (Wildman–Crippen LogP) is 2.28. The fourth-order valence-corrected chi connectivity index (χ4v) is 2.64. The summed E-state index contributed by atoms with van der Waals surface area (Å²) >= 11 is 0. The normalized spacial score (nSPS) is 11.0. The lowest BCUT2D eigenvalue weighted by atomic mass is 10.5. The van der Waals surface area contributed by atoms with Crippen LogP contribution in [-0.2, 0) is 8.85 Å². The fraction of sp³-hybridized carbons (Fsp3) is 0.889. The number of hydrogen-bond acceptors (Lipinski definition) is 2. The van der Waals surface area contributed by atoms with Gasteiger partial charge in [-0.25, -0.2) is 0 Å². The van der Waals surface area contributed by atoms with Gasteiger partial charge in [-0.15, -0.1) is 0 Å². The molecular weight excluding hydrogens is 168 g/mol. The van der Waals surface area contributed by atoms with E-state index in [9.17, 15) is 0 Å². The fourth-order valence-electron chi connectivity index (χ4n) is 0.880. The van der Waals surface area contributed by atoms with Crippen molar-refractivity contribution in [2.75, 3.05) is 13.2 Å². The van der Waals surface area contributed by atoms with Gasteiger partial charge in [-0.3, -0.25) is 0 Å². The van der Waals surface area contributed by atoms with Gasteiger partial charge in [0.2, 0.25) is 0 Å². The highest BCUT2D eigenvalue weighted by atomic mass is 28.3. The summed E-state index contributed by atoms with van der Waals surface area (Å²) in [5.41, 5.74) is 0. The SMILES string of the molecule is [CH2]CC[SiH](OCCC)OCCC. The summed E-state index contributed by atoms with van der Waals surface area (Å²) in [7, 11) is -1.33. The van der Waals surface area contributed by atoms with Crippen LogP contribution in [0.5, 0.6) is 0 Å². The molecule has 0 N–H and O–H groups in total. The molecule has 12 heavy (non-hydrogen) atoms. The second-order valence-electron chi connectivity index (χ2n) is 2.81. The molecule has 0 aliphatic rings. The van der Waals surface area contributed by atoms with Crippen LogP contribution < -0.4 is 0 Å². The minimum absolute atomic E-state index is 0.848. The van der Waals surface area contributed by atoms with E-state index in [1.54, 1.807) is 0 Å². The Bertz CT molecular complexity index is 80.6. The van der Waals surface area contributed by atoms with E-state index in [4.69, 9.17) is 8.85 Å². The Kier molecular flexibility index (Phi) is 9.33. The Morgan fingerprint density at radius 1 is 1.08 bits per heavy atom. The van der Waals surface area contributed by atoms with Crippen molar-refractivity contribution < 1.29 is 8.85 Å². The average molecular weight is 189 g/mol. The van der Waals surface area contributed by atoms with Gasteiger partial charge < -0.3 is 8.85 Å². The summed E-state index contributed by atoms with van der Waals surface area (Å²) in [6.07, 6.45) is 3.09. The summed E-state index contributed by atoms with van der Waals surface area (Å²) in [5.74, 6) is 0. The Hall–Kier alpha value is 0.137. The van der Waals surface area contributed by atoms with Gasteiger partial charge in [-0.05, 0) is 18.9 Å². The molecule has 1 radical (unpaired) electrons. The first kappa shape index (κ1) is 12.1. The molecule has 0 heterocycles. The van der Waals surface area contributed by atoms with Gasteiger partial charge in [0.25, 0.3) is 0 Å². The predicted molar refractivity (Wildman–Crippen MR) is 54.4 cm³/mol. The van der Waals surface area contributed by atoms with E-state index in [0.29, 0.717) is 0 Å². The smallest absolute Gasteiger partial charge is 0.321 e. The molecule has 0 aromatic carbocycles. The maximum Gasteiger partial charge on any atom is 0.321 e. The molecule has 0 rings (SSSR count). The minimum atomic E-state index is -1.33. The molecule has 0 aliphatic heterocycles. The highest BCUT2D eigenvalue weighted by Crippen LogP contribution is 2.02. The van der Waals surface area contributed by atoms with E-state index in [1.165, 1.54) is 0 Å². The average Bonchev–Trinajstić information content (AvgIpc) is 2.10. The van der Waals surface area contributed by atoms with E-state index in [2.05, 4.69) is 20.8 Å². The summed E-state index contributed by atoms with van der Waals surface area (Å²) in [5, 5.41) is 0. The van der Waals surface area contributed by atoms with Crippen molar-refractivity contribution in [1.82, 2.24) is 0 Å². The number of rotatable bonds is 8. The molecule has 0 atom stereocenters. The largest absolute Gasteiger partial charge is 0.397 e. The van der Waals surface area contributed by atoms with Crippen LogP contribution in [0.3, 0.4) is 0 Å². The van der Waals surface area contributed by atoms with Crippen molar-refractivity contribution in [2.24, 2.45) is 0 Å². The van der Waals surface area contributed by atoms with Gasteiger partial charge in [0.05, 0.1) is 0 Å². The number of hydrogen-bond donors (Lipinski definition) is 0. The van der Waals surface area contributed by atoms with Crippen LogP contribution in [0.15, 0.2) is 0 Å².